The molecule has 104 valence electrons. The van der Waals surface area contributed by atoms with Gasteiger partial charge >= 0.3 is 0 Å². The molecule has 1 heterocycles. The third-order valence-electron chi connectivity index (χ3n) is 3.53. The van der Waals surface area contributed by atoms with E-state index in [1.54, 1.807) is 0 Å². The third kappa shape index (κ3) is 4.44. The Morgan fingerprint density at radius 2 is 2.32 bits per heavy atom. The summed E-state index contributed by atoms with van der Waals surface area (Å²) in [7, 11) is 0. The largest absolute Gasteiger partial charge is 0.377 e. The molecule has 0 aromatic heterocycles. The van der Waals surface area contributed by atoms with E-state index in [1.807, 2.05) is 31.2 Å². The molecule has 1 atom stereocenters. The number of nitrogens with zero attached hydrogens (tertiary/aromatic N) is 1. The number of carbonyl (C=O) groups excluding carboxylic acids is 1. The number of ketones is 1. The zero-order valence-corrected chi connectivity index (χ0v) is 11.9. The second-order valence-electron chi connectivity index (χ2n) is 5.38. The molecular formula is C16H23NO2. The normalized spacial score (nSPS) is 21.1. The average Bonchev–Trinajstić information content (AvgIpc) is 2.60. The number of rotatable bonds is 4. The van der Waals surface area contributed by atoms with Crippen LogP contribution < -0.4 is 0 Å². The van der Waals surface area contributed by atoms with Gasteiger partial charge in [-0.05, 0) is 26.3 Å². The minimum absolute atomic E-state index is 0.238. The molecule has 0 saturated carbocycles. The highest BCUT2D eigenvalue weighted by atomic mass is 16.5. The number of ether oxygens (including phenoxy) is 1. The van der Waals surface area contributed by atoms with Gasteiger partial charge in [0, 0.05) is 38.2 Å². The zero-order chi connectivity index (χ0) is 13.7. The molecule has 3 heteroatoms. The lowest BCUT2D eigenvalue weighted by atomic mass is 10.1. The average molecular weight is 261 g/mol. The van der Waals surface area contributed by atoms with Gasteiger partial charge in [0.25, 0.3) is 0 Å². The first-order chi connectivity index (χ1) is 9.15. The predicted molar refractivity (Wildman–Crippen MR) is 76.6 cm³/mol. The molecule has 0 radical (unpaired) electrons. The first-order valence-corrected chi connectivity index (χ1v) is 7.09. The summed E-state index contributed by atoms with van der Waals surface area (Å²) in [4.78, 5) is 14.5. The number of Topliss-reactive ketones (excluding diaryl/α,β-unsaturated/α-hetero) is 1. The van der Waals surface area contributed by atoms with Gasteiger partial charge in [-0.3, -0.25) is 4.79 Å². The minimum atomic E-state index is 0.238. The summed E-state index contributed by atoms with van der Waals surface area (Å²) in [5.74, 6) is 0.238. The summed E-state index contributed by atoms with van der Waals surface area (Å²) < 4.78 is 5.61. The fourth-order valence-corrected chi connectivity index (χ4v) is 2.51. The highest BCUT2D eigenvalue weighted by molar-refractivity contribution is 5.96. The first kappa shape index (κ1) is 14.2. The minimum Gasteiger partial charge on any atom is -0.377 e. The van der Waals surface area contributed by atoms with Gasteiger partial charge < -0.3 is 9.64 Å². The molecular weight excluding hydrogens is 238 g/mol. The van der Waals surface area contributed by atoms with Gasteiger partial charge in [0.15, 0.2) is 5.78 Å². The number of benzene rings is 1. The van der Waals surface area contributed by atoms with Gasteiger partial charge in [0.05, 0.1) is 6.10 Å². The Balaban J connectivity index is 1.86. The van der Waals surface area contributed by atoms with Gasteiger partial charge in [-0.2, -0.15) is 0 Å². The standard InChI is InChI=1S/C16H23NO2/c1-13-5-3-6-15(11-13)16(18)7-9-17-8-4-10-19-14(2)12-17/h3,5-6,11,14H,4,7-10,12H2,1-2H3. The maximum absolute atomic E-state index is 12.1. The summed E-state index contributed by atoms with van der Waals surface area (Å²) in [5.41, 5.74) is 1.97. The van der Waals surface area contributed by atoms with E-state index < -0.39 is 0 Å². The number of carbonyl (C=O) groups is 1. The number of aryl methyl sites for hydroxylation is 1. The van der Waals surface area contributed by atoms with Crippen LogP contribution in [0.4, 0.5) is 0 Å². The molecule has 0 aliphatic carbocycles. The molecule has 1 aromatic rings. The molecule has 1 fully saturated rings. The molecule has 19 heavy (non-hydrogen) atoms. The topological polar surface area (TPSA) is 29.5 Å². The maximum atomic E-state index is 12.1. The molecule has 0 N–H and O–H groups in total. The highest BCUT2D eigenvalue weighted by Crippen LogP contribution is 2.10. The summed E-state index contributed by atoms with van der Waals surface area (Å²) in [6, 6.07) is 7.84. The molecule has 1 aromatic carbocycles. The summed E-state index contributed by atoms with van der Waals surface area (Å²) in [5, 5.41) is 0. The Hall–Kier alpha value is -1.19. The molecule has 2 rings (SSSR count). The second kappa shape index (κ2) is 6.83. The van der Waals surface area contributed by atoms with Gasteiger partial charge in [0.2, 0.25) is 0 Å². The fraction of sp³-hybridized carbons (Fsp3) is 0.562. The van der Waals surface area contributed by atoms with Crippen molar-refractivity contribution in [3.05, 3.63) is 35.4 Å². The van der Waals surface area contributed by atoms with Crippen LogP contribution in [0.1, 0.15) is 35.7 Å². The van der Waals surface area contributed by atoms with E-state index in [-0.39, 0.29) is 11.9 Å². The van der Waals surface area contributed by atoms with Crippen molar-refractivity contribution in [3.63, 3.8) is 0 Å². The lowest BCUT2D eigenvalue weighted by Gasteiger charge is -2.21. The zero-order valence-electron chi connectivity index (χ0n) is 11.9. The molecule has 0 amide bonds. The van der Waals surface area contributed by atoms with Crippen LogP contribution in [0.2, 0.25) is 0 Å². The molecule has 0 spiro atoms. The molecule has 1 saturated heterocycles. The third-order valence-corrected chi connectivity index (χ3v) is 3.53. The van der Waals surface area contributed by atoms with Crippen molar-refractivity contribution in [2.75, 3.05) is 26.2 Å². The van der Waals surface area contributed by atoms with Gasteiger partial charge in [-0.25, -0.2) is 0 Å². The Morgan fingerprint density at radius 1 is 1.47 bits per heavy atom. The fourth-order valence-electron chi connectivity index (χ4n) is 2.51. The van der Waals surface area contributed by atoms with Crippen molar-refractivity contribution in [2.24, 2.45) is 0 Å². The SMILES string of the molecule is Cc1cccc(C(=O)CCN2CCCOC(C)C2)c1. The van der Waals surface area contributed by atoms with E-state index >= 15 is 0 Å². The van der Waals surface area contributed by atoms with E-state index in [4.69, 9.17) is 4.74 Å². The van der Waals surface area contributed by atoms with Crippen LogP contribution >= 0.6 is 0 Å². The van der Waals surface area contributed by atoms with E-state index in [2.05, 4.69) is 11.8 Å². The Morgan fingerprint density at radius 3 is 3.11 bits per heavy atom. The molecule has 1 aliphatic rings. The highest BCUT2D eigenvalue weighted by Gasteiger charge is 2.16. The van der Waals surface area contributed by atoms with E-state index in [0.717, 1.165) is 43.8 Å². The Labute approximate surface area is 115 Å². The molecule has 3 nitrogen and oxygen atoms in total. The van der Waals surface area contributed by atoms with E-state index in [0.29, 0.717) is 6.42 Å². The number of hydrogen-bond acceptors (Lipinski definition) is 3. The van der Waals surface area contributed by atoms with Gasteiger partial charge in [-0.1, -0.05) is 23.8 Å². The van der Waals surface area contributed by atoms with Crippen molar-refractivity contribution in [1.29, 1.82) is 0 Å². The van der Waals surface area contributed by atoms with Crippen LogP contribution in [0.15, 0.2) is 24.3 Å². The van der Waals surface area contributed by atoms with Crippen molar-refractivity contribution >= 4 is 5.78 Å². The smallest absolute Gasteiger partial charge is 0.164 e. The summed E-state index contributed by atoms with van der Waals surface area (Å²) in [6.45, 7) is 7.75. The van der Waals surface area contributed by atoms with Crippen molar-refractivity contribution < 1.29 is 9.53 Å². The van der Waals surface area contributed by atoms with Crippen LogP contribution in [0.3, 0.4) is 0 Å². The van der Waals surface area contributed by atoms with Crippen molar-refractivity contribution in [1.82, 2.24) is 4.90 Å². The lowest BCUT2D eigenvalue weighted by Crippen LogP contribution is -2.32. The maximum Gasteiger partial charge on any atom is 0.164 e. The lowest BCUT2D eigenvalue weighted by molar-refractivity contribution is 0.0668. The van der Waals surface area contributed by atoms with Crippen LogP contribution in [-0.4, -0.2) is 43.0 Å². The Bertz CT molecular complexity index is 431. The van der Waals surface area contributed by atoms with Crippen LogP contribution in [0, 0.1) is 6.92 Å². The van der Waals surface area contributed by atoms with Gasteiger partial charge in [-0.15, -0.1) is 0 Å². The molecule has 1 aliphatic heterocycles. The summed E-state index contributed by atoms with van der Waals surface area (Å²) in [6.07, 6.45) is 1.93. The monoisotopic (exact) mass is 261 g/mol. The van der Waals surface area contributed by atoms with E-state index in [9.17, 15) is 4.79 Å². The first-order valence-electron chi connectivity index (χ1n) is 7.09. The second-order valence-corrected chi connectivity index (χ2v) is 5.38. The quantitative estimate of drug-likeness (QED) is 0.780. The van der Waals surface area contributed by atoms with Crippen LogP contribution in [0.25, 0.3) is 0 Å². The summed E-state index contributed by atoms with van der Waals surface area (Å²) >= 11 is 0. The number of hydrogen-bond donors (Lipinski definition) is 0. The molecule has 1 unspecified atom stereocenters. The van der Waals surface area contributed by atoms with Crippen LogP contribution in [-0.2, 0) is 4.74 Å². The molecule has 0 bridgehead atoms. The van der Waals surface area contributed by atoms with Crippen LogP contribution in [0.5, 0.6) is 0 Å². The van der Waals surface area contributed by atoms with Gasteiger partial charge in [0.1, 0.15) is 0 Å². The predicted octanol–water partition coefficient (Wildman–Crippen LogP) is 2.68. The Kier molecular flexibility index (Phi) is 5.11. The van der Waals surface area contributed by atoms with E-state index in [1.165, 1.54) is 0 Å². The van der Waals surface area contributed by atoms with Crippen molar-refractivity contribution in [3.8, 4) is 0 Å². The van der Waals surface area contributed by atoms with Crippen molar-refractivity contribution in [2.45, 2.75) is 32.8 Å².